The molecule has 0 fully saturated rings. The summed E-state index contributed by atoms with van der Waals surface area (Å²) in [4.78, 5) is 94.3. The number of carbonyl (C=O) groups excluding carboxylic acids is 5. The van der Waals surface area contributed by atoms with Crippen LogP contribution in [0.1, 0.15) is 100.0 Å². The largest absolute Gasteiger partial charge is 0.458 e. The van der Waals surface area contributed by atoms with E-state index in [1.165, 1.54) is 12.4 Å². The quantitative estimate of drug-likeness (QED) is 0.0205. The van der Waals surface area contributed by atoms with Crippen molar-refractivity contribution in [1.29, 1.82) is 0 Å². The van der Waals surface area contributed by atoms with Gasteiger partial charge >= 0.3 is 5.97 Å². The van der Waals surface area contributed by atoms with E-state index in [1.54, 1.807) is 37.5 Å². The average Bonchev–Trinajstić information content (AvgIpc) is 3.99. The van der Waals surface area contributed by atoms with Crippen LogP contribution in [-0.2, 0) is 68.5 Å². The van der Waals surface area contributed by atoms with Crippen molar-refractivity contribution in [3.05, 3.63) is 68.8 Å². The molecule has 3 aliphatic rings. The maximum absolute atomic E-state index is 13.9. The number of amides is 4. The standard InChI is InChI=1S/C51H63N9O13S/c1-7-51(67)36-21-39-45-34(26-60(39)48(65)35(36)27-71-49(51)66)32(33-20-40-41(73-29-72-40)22-38(33)56-45)15-13-19-70-28-55-43(62)25-52-46(63)37(16-11-12-18-59(4)5)57-47(64)44(30(2)3)58-42(61)17-10-8-9-14-31-23-53-50(54-24-31)74(6,68)69/h20-24,30,37,44,67H,7-8,10-13,15-19,25-29H2,1-6H3,(H,52,63)(H,55,62)(H,57,64)(H,58,61)/t37-,44-,51-/m0/s1. The van der Waals surface area contributed by atoms with Gasteiger partial charge in [-0.05, 0) is 89.2 Å². The number of ether oxygens (including phenoxy) is 4. The Balaban J connectivity index is 0.908. The molecular weight excluding hydrogens is 979 g/mol. The molecule has 0 unspecified atom stereocenters. The molecule has 4 aromatic rings. The number of esters is 1. The van der Waals surface area contributed by atoms with Gasteiger partial charge in [-0.1, -0.05) is 32.6 Å². The predicted molar refractivity (Wildman–Crippen MR) is 268 cm³/mol. The number of aromatic nitrogens is 4. The summed E-state index contributed by atoms with van der Waals surface area (Å²) in [6.45, 7) is 5.67. The second-order valence-corrected chi connectivity index (χ2v) is 21.0. The fraction of sp³-hybridized carbons (Fsp3) is 0.510. The third-order valence-corrected chi connectivity index (χ3v) is 13.8. The monoisotopic (exact) mass is 1040 g/mol. The minimum Gasteiger partial charge on any atom is -0.458 e. The Labute approximate surface area is 428 Å². The van der Waals surface area contributed by atoms with Gasteiger partial charge < -0.3 is 54.8 Å². The SMILES string of the molecule is CC[C@@]1(O)C(=O)OCc2c1cc1n(c2=O)Cc2c-1nc1cc3c(cc1c2CCCOCNC(=O)CNC(=O)[C@H](CCCCN(C)C)NC(=O)[C@@H](NC(=O)CCCC#Cc1cnc(S(C)(=O)=O)nc1)C(C)C)OCO3. The molecule has 4 amide bonds. The highest BCUT2D eigenvalue weighted by molar-refractivity contribution is 7.90. The van der Waals surface area contributed by atoms with Crippen molar-refractivity contribution in [3.8, 4) is 34.7 Å². The first-order valence-electron chi connectivity index (χ1n) is 24.6. The molecule has 6 heterocycles. The Morgan fingerprint density at radius 1 is 0.946 bits per heavy atom. The normalized spacial score (nSPS) is 16.1. The fourth-order valence-electron chi connectivity index (χ4n) is 8.91. The number of rotatable bonds is 23. The number of fused-ring (bicyclic) bond motifs is 6. The number of aryl methyl sites for hydroxylation is 1. The number of sulfone groups is 1. The lowest BCUT2D eigenvalue weighted by molar-refractivity contribution is -0.172. The zero-order valence-electron chi connectivity index (χ0n) is 42.4. The summed E-state index contributed by atoms with van der Waals surface area (Å²) in [6, 6.07) is 3.38. The van der Waals surface area contributed by atoms with Crippen molar-refractivity contribution in [3.63, 3.8) is 0 Å². The first kappa shape index (κ1) is 54.8. The third-order valence-electron chi connectivity index (χ3n) is 13.0. The number of hydrogen-bond donors (Lipinski definition) is 5. The maximum Gasteiger partial charge on any atom is 0.343 e. The molecule has 7 rings (SSSR count). The molecule has 396 valence electrons. The molecule has 0 bridgehead atoms. The number of nitrogens with one attached hydrogen (secondary N) is 4. The van der Waals surface area contributed by atoms with Gasteiger partial charge in [0.05, 0.1) is 41.1 Å². The van der Waals surface area contributed by atoms with E-state index < -0.39 is 51.2 Å². The van der Waals surface area contributed by atoms with Gasteiger partial charge in [0.15, 0.2) is 17.1 Å². The van der Waals surface area contributed by atoms with Gasteiger partial charge in [-0.15, -0.1) is 0 Å². The summed E-state index contributed by atoms with van der Waals surface area (Å²) in [5, 5.41) is 22.7. The molecule has 3 aromatic heterocycles. The van der Waals surface area contributed by atoms with Gasteiger partial charge in [-0.25, -0.2) is 28.2 Å². The van der Waals surface area contributed by atoms with E-state index in [-0.39, 0.29) is 92.8 Å². The van der Waals surface area contributed by atoms with Crippen LogP contribution >= 0.6 is 0 Å². The van der Waals surface area contributed by atoms with Crippen LogP contribution in [0.2, 0.25) is 0 Å². The molecule has 3 aliphatic heterocycles. The lowest BCUT2D eigenvalue weighted by atomic mass is 9.86. The van der Waals surface area contributed by atoms with Crippen LogP contribution in [0.3, 0.4) is 0 Å². The van der Waals surface area contributed by atoms with Crippen LogP contribution in [0.4, 0.5) is 0 Å². The molecule has 3 atom stereocenters. The molecule has 1 aromatic carbocycles. The number of cyclic esters (lactones) is 1. The van der Waals surface area contributed by atoms with E-state index in [2.05, 4.69) is 43.1 Å². The molecule has 74 heavy (non-hydrogen) atoms. The lowest BCUT2D eigenvalue weighted by Gasteiger charge is -2.31. The molecular formula is C51H63N9O13S. The third kappa shape index (κ3) is 12.8. The minimum atomic E-state index is -3.54. The highest BCUT2D eigenvalue weighted by Crippen LogP contribution is 2.43. The molecule has 22 nitrogen and oxygen atoms in total. The summed E-state index contributed by atoms with van der Waals surface area (Å²) in [6.07, 6.45) is 7.07. The van der Waals surface area contributed by atoms with Crippen LogP contribution in [0, 0.1) is 17.8 Å². The van der Waals surface area contributed by atoms with Crippen LogP contribution in [0.5, 0.6) is 11.5 Å². The highest BCUT2D eigenvalue weighted by atomic mass is 32.2. The molecule has 0 radical (unpaired) electrons. The number of hydrogen-bond acceptors (Lipinski definition) is 17. The zero-order valence-corrected chi connectivity index (χ0v) is 43.2. The molecule has 0 spiro atoms. The molecule has 0 saturated carbocycles. The Kier molecular flexibility index (Phi) is 17.7. The van der Waals surface area contributed by atoms with Gasteiger partial charge in [0.2, 0.25) is 45.4 Å². The predicted octanol–water partition coefficient (Wildman–Crippen LogP) is 1.72. The summed E-state index contributed by atoms with van der Waals surface area (Å²) >= 11 is 0. The molecule has 0 saturated heterocycles. The number of unbranched alkanes of at least 4 members (excludes halogenated alkanes) is 2. The van der Waals surface area contributed by atoms with Crippen molar-refractivity contribution in [1.82, 2.24) is 45.7 Å². The first-order valence-corrected chi connectivity index (χ1v) is 26.5. The Morgan fingerprint density at radius 2 is 1.69 bits per heavy atom. The molecule has 5 N–H and O–H groups in total. The summed E-state index contributed by atoms with van der Waals surface area (Å²) in [7, 11) is 0.332. The minimum absolute atomic E-state index is 0.0151. The van der Waals surface area contributed by atoms with Crippen LogP contribution in [0.15, 0.2) is 40.5 Å². The van der Waals surface area contributed by atoms with Crippen molar-refractivity contribution >= 4 is 50.3 Å². The smallest absolute Gasteiger partial charge is 0.343 e. The average molecular weight is 1040 g/mol. The van der Waals surface area contributed by atoms with E-state index in [0.29, 0.717) is 66.1 Å². The van der Waals surface area contributed by atoms with Crippen molar-refractivity contribution in [2.45, 2.75) is 115 Å². The van der Waals surface area contributed by atoms with E-state index in [9.17, 15) is 42.3 Å². The lowest BCUT2D eigenvalue weighted by Crippen LogP contribution is -2.56. The van der Waals surface area contributed by atoms with Crippen molar-refractivity contribution < 1.29 is 56.4 Å². The topological polar surface area (TPSA) is 289 Å². The van der Waals surface area contributed by atoms with Gasteiger partial charge in [0.1, 0.15) is 25.4 Å². The van der Waals surface area contributed by atoms with E-state index in [1.807, 2.05) is 25.1 Å². The number of pyridine rings is 2. The highest BCUT2D eigenvalue weighted by Gasteiger charge is 2.45. The number of aliphatic hydroxyl groups is 1. The molecule has 0 aliphatic carbocycles. The number of benzene rings is 1. The van der Waals surface area contributed by atoms with E-state index in [4.69, 9.17) is 23.9 Å². The number of carbonyl (C=O) groups is 5. The van der Waals surface area contributed by atoms with Crippen molar-refractivity contribution in [2.75, 3.05) is 53.6 Å². The Bertz CT molecular complexity index is 3040. The summed E-state index contributed by atoms with van der Waals surface area (Å²) < 4.78 is 47.1. The van der Waals surface area contributed by atoms with Gasteiger partial charge in [0, 0.05) is 60.7 Å². The maximum atomic E-state index is 13.9. The molecule has 23 heteroatoms. The van der Waals surface area contributed by atoms with E-state index >= 15 is 0 Å². The van der Waals surface area contributed by atoms with Gasteiger partial charge in [-0.3, -0.25) is 24.0 Å². The van der Waals surface area contributed by atoms with Crippen LogP contribution in [-0.4, -0.2) is 133 Å². The number of nitrogens with zero attached hydrogens (tertiary/aromatic N) is 5. The zero-order chi connectivity index (χ0) is 53.3. The van der Waals surface area contributed by atoms with Crippen LogP contribution < -0.4 is 36.3 Å². The van der Waals surface area contributed by atoms with E-state index in [0.717, 1.165) is 35.7 Å². The second kappa shape index (κ2) is 23.9. The summed E-state index contributed by atoms with van der Waals surface area (Å²) in [5.41, 5.74) is 1.84. The Hall–Kier alpha value is -7.00. The van der Waals surface area contributed by atoms with Gasteiger partial charge in [0.25, 0.3) is 5.56 Å². The van der Waals surface area contributed by atoms with Crippen LogP contribution in [0.25, 0.3) is 22.3 Å². The fourth-order valence-corrected chi connectivity index (χ4v) is 9.40. The first-order chi connectivity index (χ1) is 35.3. The Morgan fingerprint density at radius 3 is 2.39 bits per heavy atom. The van der Waals surface area contributed by atoms with Gasteiger partial charge in [-0.2, -0.15) is 0 Å². The summed E-state index contributed by atoms with van der Waals surface area (Å²) in [5.74, 6) is 3.71. The second-order valence-electron chi connectivity index (χ2n) is 19.0. The van der Waals surface area contributed by atoms with Crippen molar-refractivity contribution in [2.24, 2.45) is 5.92 Å².